The van der Waals surface area contributed by atoms with Gasteiger partial charge in [0.15, 0.2) is 0 Å². The van der Waals surface area contributed by atoms with Crippen LogP contribution in [0, 0.1) is 0 Å². The lowest BCUT2D eigenvalue weighted by atomic mass is 10.3. The molecule has 0 radical (unpaired) electrons. The van der Waals surface area contributed by atoms with Crippen LogP contribution in [0.4, 0.5) is 0 Å². The maximum atomic E-state index is 12.0. The molecule has 1 rings (SSSR count). The van der Waals surface area contributed by atoms with Crippen molar-refractivity contribution in [3.8, 4) is 0 Å². The zero-order valence-electron chi connectivity index (χ0n) is 10.3. The van der Waals surface area contributed by atoms with E-state index in [1.54, 1.807) is 11.8 Å². The van der Waals surface area contributed by atoms with Crippen LogP contribution in [0.5, 0.6) is 0 Å². The van der Waals surface area contributed by atoms with Gasteiger partial charge >= 0.3 is 5.97 Å². The molecular weight excluding hydrogens is 374 g/mol. The molecule has 0 fully saturated rings. The molecule has 9 heteroatoms. The minimum atomic E-state index is -3.67. The Morgan fingerprint density at radius 1 is 1.63 bits per heavy atom. The van der Waals surface area contributed by atoms with Crippen LogP contribution in [0.15, 0.2) is 14.7 Å². The molecule has 1 aromatic rings. The van der Waals surface area contributed by atoms with E-state index in [1.807, 2.05) is 13.2 Å². The molecule has 1 heterocycles. The number of sulfonamides is 1. The van der Waals surface area contributed by atoms with Crippen molar-refractivity contribution >= 4 is 55.0 Å². The number of carboxylic acids is 1. The Labute approximate surface area is 129 Å². The van der Waals surface area contributed by atoms with Gasteiger partial charge < -0.3 is 5.11 Å². The summed E-state index contributed by atoms with van der Waals surface area (Å²) in [6, 6.07) is 1.16. The van der Waals surface area contributed by atoms with E-state index >= 15 is 0 Å². The van der Waals surface area contributed by atoms with Crippen molar-refractivity contribution in [1.82, 2.24) is 4.72 Å². The Kier molecular flexibility index (Phi) is 6.31. The Balaban J connectivity index is 2.80. The van der Waals surface area contributed by atoms with Crippen molar-refractivity contribution in [2.24, 2.45) is 0 Å². The van der Waals surface area contributed by atoms with Gasteiger partial charge in [0, 0.05) is 11.8 Å². The molecule has 2 N–H and O–H groups in total. The van der Waals surface area contributed by atoms with Crippen molar-refractivity contribution in [2.45, 2.75) is 23.5 Å². The molecule has 1 unspecified atom stereocenters. The molecule has 5 nitrogen and oxygen atoms in total. The van der Waals surface area contributed by atoms with Crippen LogP contribution in [0.1, 0.15) is 23.0 Å². The maximum absolute atomic E-state index is 12.0. The SMILES string of the molecule is CSC(C)CCNS(=O)(=O)c1cc(C(=O)O)sc1Br. The van der Waals surface area contributed by atoms with E-state index in [1.165, 1.54) is 0 Å². The van der Waals surface area contributed by atoms with Crippen molar-refractivity contribution < 1.29 is 18.3 Å². The summed E-state index contributed by atoms with van der Waals surface area (Å²) in [7, 11) is -3.67. The molecule has 0 aromatic carbocycles. The van der Waals surface area contributed by atoms with Crippen LogP contribution in [0.3, 0.4) is 0 Å². The average Bonchev–Trinajstić information content (AvgIpc) is 2.71. The number of carboxylic acid groups (broad SMARTS) is 1. The molecule has 0 saturated heterocycles. The first-order chi connectivity index (χ1) is 8.77. The molecule has 0 aliphatic rings. The van der Waals surface area contributed by atoms with E-state index in [0.717, 1.165) is 17.4 Å². The average molecular weight is 388 g/mol. The second kappa shape index (κ2) is 7.07. The lowest BCUT2D eigenvalue weighted by Gasteiger charge is -2.09. The van der Waals surface area contributed by atoms with Crippen LogP contribution >= 0.6 is 39.0 Å². The minimum absolute atomic E-state index is 0.00951. The zero-order valence-corrected chi connectivity index (χ0v) is 14.4. The summed E-state index contributed by atoms with van der Waals surface area (Å²) in [5.74, 6) is -1.14. The first kappa shape index (κ1) is 17.0. The number of hydrogen-bond acceptors (Lipinski definition) is 5. The smallest absolute Gasteiger partial charge is 0.345 e. The predicted molar refractivity (Wildman–Crippen MR) is 81.8 cm³/mol. The van der Waals surface area contributed by atoms with Crippen molar-refractivity contribution in [2.75, 3.05) is 12.8 Å². The molecule has 0 bridgehead atoms. The third kappa shape index (κ3) is 4.75. The third-order valence-corrected chi connectivity index (χ3v) is 7.14. The number of nitrogens with one attached hydrogen (secondary N) is 1. The minimum Gasteiger partial charge on any atom is -0.477 e. The molecular formula is C10H14BrNO4S3. The topological polar surface area (TPSA) is 83.5 Å². The molecule has 108 valence electrons. The highest BCUT2D eigenvalue weighted by molar-refractivity contribution is 9.11. The Hall–Kier alpha value is -0.0900. The highest BCUT2D eigenvalue weighted by atomic mass is 79.9. The van der Waals surface area contributed by atoms with Crippen molar-refractivity contribution in [3.05, 3.63) is 14.7 Å². The van der Waals surface area contributed by atoms with E-state index in [9.17, 15) is 13.2 Å². The second-order valence-corrected chi connectivity index (χ2v) is 9.17. The number of thiophene rings is 1. The first-order valence-corrected chi connectivity index (χ1v) is 9.71. The second-order valence-electron chi connectivity index (χ2n) is 3.79. The van der Waals surface area contributed by atoms with E-state index < -0.39 is 16.0 Å². The van der Waals surface area contributed by atoms with E-state index in [0.29, 0.717) is 22.0 Å². The maximum Gasteiger partial charge on any atom is 0.345 e. The van der Waals surface area contributed by atoms with Crippen LogP contribution in [-0.4, -0.2) is 37.5 Å². The number of aromatic carboxylic acids is 1. The van der Waals surface area contributed by atoms with Crippen LogP contribution < -0.4 is 4.72 Å². The molecule has 0 aliphatic carbocycles. The quantitative estimate of drug-likeness (QED) is 0.750. The first-order valence-electron chi connectivity index (χ1n) is 5.33. The Bertz CT molecular complexity index is 555. The normalized spacial score (nSPS) is 13.4. The summed E-state index contributed by atoms with van der Waals surface area (Å²) in [4.78, 5) is 10.8. The van der Waals surface area contributed by atoms with E-state index in [-0.39, 0.29) is 9.77 Å². The fourth-order valence-electron chi connectivity index (χ4n) is 1.23. The van der Waals surface area contributed by atoms with Crippen LogP contribution in [0.25, 0.3) is 0 Å². The van der Waals surface area contributed by atoms with Gasteiger partial charge in [-0.25, -0.2) is 17.9 Å². The summed E-state index contributed by atoms with van der Waals surface area (Å²) in [6.45, 7) is 2.34. The number of halogens is 1. The monoisotopic (exact) mass is 387 g/mol. The molecule has 1 atom stereocenters. The van der Waals surface area contributed by atoms with Gasteiger partial charge in [-0.05, 0) is 34.7 Å². The molecule has 19 heavy (non-hydrogen) atoms. The standard InChI is InChI=1S/C10H14BrNO4S3/c1-6(17-2)3-4-12-19(15,16)8-5-7(10(13)14)18-9(8)11/h5-6,12H,3-4H2,1-2H3,(H,13,14). The number of carbonyl (C=O) groups is 1. The van der Waals surface area contributed by atoms with Crippen molar-refractivity contribution in [1.29, 1.82) is 0 Å². The van der Waals surface area contributed by atoms with Crippen LogP contribution in [0.2, 0.25) is 0 Å². The fourth-order valence-corrected chi connectivity index (χ4v) is 5.04. The van der Waals surface area contributed by atoms with Gasteiger partial charge in [0.25, 0.3) is 0 Å². The summed E-state index contributed by atoms with van der Waals surface area (Å²) in [5.41, 5.74) is 0. The zero-order chi connectivity index (χ0) is 14.6. The molecule has 1 aromatic heterocycles. The summed E-state index contributed by atoms with van der Waals surface area (Å²) >= 11 is 5.64. The fraction of sp³-hybridized carbons (Fsp3) is 0.500. The Morgan fingerprint density at radius 2 is 2.26 bits per heavy atom. The van der Waals surface area contributed by atoms with Gasteiger partial charge in [0.2, 0.25) is 10.0 Å². The van der Waals surface area contributed by atoms with Crippen molar-refractivity contribution in [3.63, 3.8) is 0 Å². The highest BCUT2D eigenvalue weighted by Gasteiger charge is 2.22. The number of thioether (sulfide) groups is 1. The van der Waals surface area contributed by atoms with Gasteiger partial charge in [-0.3, -0.25) is 0 Å². The van der Waals surface area contributed by atoms with Gasteiger partial charge in [0.05, 0.1) is 3.79 Å². The summed E-state index contributed by atoms with van der Waals surface area (Å²) in [6.07, 6.45) is 2.68. The molecule has 0 saturated carbocycles. The summed E-state index contributed by atoms with van der Waals surface area (Å²) < 4.78 is 26.8. The summed E-state index contributed by atoms with van der Waals surface area (Å²) in [5, 5.41) is 9.20. The van der Waals surface area contributed by atoms with E-state index in [4.69, 9.17) is 5.11 Å². The Morgan fingerprint density at radius 3 is 2.74 bits per heavy atom. The largest absolute Gasteiger partial charge is 0.477 e. The molecule has 0 amide bonds. The third-order valence-electron chi connectivity index (χ3n) is 2.40. The van der Waals surface area contributed by atoms with Gasteiger partial charge in [-0.1, -0.05) is 6.92 Å². The van der Waals surface area contributed by atoms with Gasteiger partial charge in [-0.15, -0.1) is 11.3 Å². The highest BCUT2D eigenvalue weighted by Crippen LogP contribution is 2.31. The molecule has 0 aliphatic heterocycles. The lowest BCUT2D eigenvalue weighted by molar-refractivity contribution is 0.0702. The lowest BCUT2D eigenvalue weighted by Crippen LogP contribution is -2.26. The predicted octanol–water partition coefficient (Wildman–Crippen LogP) is 2.63. The number of hydrogen-bond donors (Lipinski definition) is 2. The van der Waals surface area contributed by atoms with E-state index in [2.05, 4.69) is 20.7 Å². The van der Waals surface area contributed by atoms with Gasteiger partial charge in [-0.2, -0.15) is 11.8 Å². The van der Waals surface area contributed by atoms with Crippen LogP contribution in [-0.2, 0) is 10.0 Å². The molecule has 0 spiro atoms. The van der Waals surface area contributed by atoms with Gasteiger partial charge in [0.1, 0.15) is 9.77 Å². The number of rotatable bonds is 7.